The zero-order valence-electron chi connectivity index (χ0n) is 16.1. The van der Waals surface area contributed by atoms with E-state index in [1.807, 2.05) is 42.7 Å². The predicted octanol–water partition coefficient (Wildman–Crippen LogP) is 3.62. The van der Waals surface area contributed by atoms with Crippen molar-refractivity contribution >= 4 is 17.5 Å². The molecule has 0 aliphatic heterocycles. The summed E-state index contributed by atoms with van der Waals surface area (Å²) in [6, 6.07) is 14.9. The Balaban J connectivity index is 1.59. The topological polar surface area (TPSA) is 77.2 Å². The average molecular weight is 398 g/mol. The van der Waals surface area contributed by atoms with Crippen molar-refractivity contribution in [3.63, 3.8) is 0 Å². The fourth-order valence-electron chi connectivity index (χ4n) is 2.73. The summed E-state index contributed by atoms with van der Waals surface area (Å²) < 4.78 is 7.61. The average Bonchev–Trinajstić information content (AvgIpc) is 3.05. The Morgan fingerprint density at radius 1 is 1.14 bits per heavy atom. The normalized spacial score (nSPS) is 12.0. The predicted molar refractivity (Wildman–Crippen MR) is 110 cm³/mol. The van der Waals surface area contributed by atoms with Crippen LogP contribution in [-0.4, -0.2) is 44.1 Å². The van der Waals surface area contributed by atoms with Gasteiger partial charge in [-0.3, -0.25) is 9.36 Å². The highest BCUT2D eigenvalue weighted by Crippen LogP contribution is 2.24. The van der Waals surface area contributed by atoms with Crippen LogP contribution in [0.25, 0.3) is 5.69 Å². The Morgan fingerprint density at radius 2 is 1.86 bits per heavy atom. The number of benzene rings is 2. The lowest BCUT2D eigenvalue weighted by Gasteiger charge is -2.14. The molecule has 0 fully saturated rings. The zero-order chi connectivity index (χ0) is 20.1. The molecule has 0 saturated heterocycles. The molecule has 0 aliphatic carbocycles. The van der Waals surface area contributed by atoms with Crippen LogP contribution in [0.5, 0.6) is 5.75 Å². The summed E-state index contributed by atoms with van der Waals surface area (Å²) in [7, 11) is 0. The number of nitrogens with zero attached hydrogens (tertiary/aromatic N) is 3. The van der Waals surface area contributed by atoms with Gasteiger partial charge in [0.2, 0.25) is 0 Å². The molecule has 1 aromatic heterocycles. The molecule has 0 aliphatic rings. The van der Waals surface area contributed by atoms with Crippen molar-refractivity contribution in [2.75, 3.05) is 12.4 Å². The van der Waals surface area contributed by atoms with E-state index in [2.05, 4.69) is 10.2 Å². The molecule has 0 radical (unpaired) electrons. The van der Waals surface area contributed by atoms with Crippen molar-refractivity contribution < 1.29 is 14.6 Å². The van der Waals surface area contributed by atoms with Crippen LogP contribution in [0.3, 0.4) is 0 Å². The highest BCUT2D eigenvalue weighted by Gasteiger charge is 2.15. The lowest BCUT2D eigenvalue weighted by Crippen LogP contribution is -2.20. The SMILES string of the molecule is CC(=O)c1ccc(OCC(O)CSc2nnc(C)n2-c2ccccc2C)cc1. The van der Waals surface area contributed by atoms with Gasteiger partial charge < -0.3 is 9.84 Å². The number of carbonyl (C=O) groups is 1. The number of ether oxygens (including phenoxy) is 1. The highest BCUT2D eigenvalue weighted by molar-refractivity contribution is 7.99. The van der Waals surface area contributed by atoms with Crippen molar-refractivity contribution in [3.8, 4) is 11.4 Å². The van der Waals surface area contributed by atoms with Crippen LogP contribution >= 0.6 is 11.8 Å². The fraction of sp³-hybridized carbons (Fsp3) is 0.286. The maximum Gasteiger partial charge on any atom is 0.195 e. The van der Waals surface area contributed by atoms with Crippen molar-refractivity contribution in [1.29, 1.82) is 0 Å². The van der Waals surface area contributed by atoms with Crippen molar-refractivity contribution in [2.24, 2.45) is 0 Å². The number of aryl methyl sites for hydroxylation is 2. The Hall–Kier alpha value is -2.64. The molecular formula is C21H23N3O3S. The van der Waals surface area contributed by atoms with Crippen molar-refractivity contribution in [1.82, 2.24) is 14.8 Å². The molecule has 1 atom stereocenters. The van der Waals surface area contributed by atoms with Crippen LogP contribution < -0.4 is 4.74 Å². The van der Waals surface area contributed by atoms with E-state index >= 15 is 0 Å². The largest absolute Gasteiger partial charge is 0.491 e. The van der Waals surface area contributed by atoms with E-state index in [0.29, 0.717) is 17.1 Å². The molecule has 0 saturated carbocycles. The first-order chi connectivity index (χ1) is 13.5. The van der Waals surface area contributed by atoms with Gasteiger partial charge >= 0.3 is 0 Å². The van der Waals surface area contributed by atoms with E-state index in [1.165, 1.54) is 18.7 Å². The molecule has 0 bridgehead atoms. The Kier molecular flexibility index (Phi) is 6.49. The minimum Gasteiger partial charge on any atom is -0.491 e. The van der Waals surface area contributed by atoms with Gasteiger partial charge in [0.15, 0.2) is 10.9 Å². The van der Waals surface area contributed by atoms with Crippen LogP contribution in [0, 0.1) is 13.8 Å². The maximum absolute atomic E-state index is 11.3. The fourth-order valence-corrected chi connectivity index (χ4v) is 3.62. The van der Waals surface area contributed by atoms with Gasteiger partial charge in [0.25, 0.3) is 0 Å². The van der Waals surface area contributed by atoms with Gasteiger partial charge in [0.05, 0.1) is 11.8 Å². The molecule has 1 heterocycles. The first-order valence-electron chi connectivity index (χ1n) is 8.98. The number of aliphatic hydroxyl groups is 1. The number of thioether (sulfide) groups is 1. The van der Waals surface area contributed by atoms with Crippen LogP contribution in [0.4, 0.5) is 0 Å². The molecule has 7 heteroatoms. The molecule has 28 heavy (non-hydrogen) atoms. The Morgan fingerprint density at radius 3 is 2.54 bits per heavy atom. The first-order valence-corrected chi connectivity index (χ1v) is 9.97. The van der Waals surface area contributed by atoms with Crippen LogP contribution in [-0.2, 0) is 0 Å². The number of aliphatic hydroxyl groups excluding tert-OH is 1. The molecule has 0 amide bonds. The Bertz CT molecular complexity index is 954. The number of Topliss-reactive ketones (excluding diaryl/α,β-unsaturated/α-hetero) is 1. The zero-order valence-corrected chi connectivity index (χ0v) is 16.9. The number of hydrogen-bond acceptors (Lipinski definition) is 6. The van der Waals surface area contributed by atoms with E-state index < -0.39 is 6.10 Å². The third-order valence-corrected chi connectivity index (χ3v) is 5.33. The lowest BCUT2D eigenvalue weighted by atomic mass is 10.1. The molecular weight excluding hydrogens is 374 g/mol. The maximum atomic E-state index is 11.3. The number of aromatic nitrogens is 3. The second-order valence-corrected chi connectivity index (χ2v) is 7.50. The first kappa shape index (κ1) is 20.1. The van der Waals surface area contributed by atoms with Gasteiger partial charge in [-0.25, -0.2) is 0 Å². The van der Waals surface area contributed by atoms with E-state index in [-0.39, 0.29) is 12.4 Å². The summed E-state index contributed by atoms with van der Waals surface area (Å²) in [5.41, 5.74) is 2.79. The monoisotopic (exact) mass is 397 g/mol. The summed E-state index contributed by atoms with van der Waals surface area (Å²) >= 11 is 1.44. The van der Waals surface area contributed by atoms with Crippen molar-refractivity contribution in [3.05, 3.63) is 65.5 Å². The van der Waals surface area contributed by atoms with Crippen LogP contribution in [0.1, 0.15) is 28.7 Å². The summed E-state index contributed by atoms with van der Waals surface area (Å²) in [5, 5.41) is 19.4. The van der Waals surface area contributed by atoms with Gasteiger partial charge in [-0.05, 0) is 56.7 Å². The van der Waals surface area contributed by atoms with Gasteiger partial charge in [-0.1, -0.05) is 30.0 Å². The lowest BCUT2D eigenvalue weighted by molar-refractivity contribution is 0.101. The van der Waals surface area contributed by atoms with Gasteiger partial charge in [-0.15, -0.1) is 10.2 Å². The van der Waals surface area contributed by atoms with E-state index in [1.54, 1.807) is 24.3 Å². The third kappa shape index (κ3) is 4.79. The summed E-state index contributed by atoms with van der Waals surface area (Å²) in [5.74, 6) is 1.85. The number of carbonyl (C=O) groups excluding carboxylic acids is 1. The molecule has 0 spiro atoms. The summed E-state index contributed by atoms with van der Waals surface area (Å²) in [6.45, 7) is 5.63. The minimum absolute atomic E-state index is 0.0102. The van der Waals surface area contributed by atoms with Crippen LogP contribution in [0.15, 0.2) is 53.7 Å². The standard InChI is InChI=1S/C21H23N3O3S/c1-14-6-4-5-7-20(14)24-16(3)22-23-21(24)28-13-18(26)12-27-19-10-8-17(9-11-19)15(2)25/h4-11,18,26H,12-13H2,1-3H3. The van der Waals surface area contributed by atoms with E-state index in [4.69, 9.17) is 4.74 Å². The summed E-state index contributed by atoms with van der Waals surface area (Å²) in [6.07, 6.45) is -0.667. The number of para-hydroxylation sites is 1. The molecule has 3 aromatic rings. The van der Waals surface area contributed by atoms with Gasteiger partial charge in [0.1, 0.15) is 18.2 Å². The van der Waals surface area contributed by atoms with Gasteiger partial charge in [0, 0.05) is 11.3 Å². The van der Waals surface area contributed by atoms with Crippen molar-refractivity contribution in [2.45, 2.75) is 32.0 Å². The second-order valence-electron chi connectivity index (χ2n) is 6.51. The molecule has 1 N–H and O–H groups in total. The van der Waals surface area contributed by atoms with E-state index in [9.17, 15) is 9.90 Å². The molecule has 2 aromatic carbocycles. The number of hydrogen-bond donors (Lipinski definition) is 1. The van der Waals surface area contributed by atoms with Crippen LogP contribution in [0.2, 0.25) is 0 Å². The molecule has 1 unspecified atom stereocenters. The van der Waals surface area contributed by atoms with Gasteiger partial charge in [-0.2, -0.15) is 0 Å². The highest BCUT2D eigenvalue weighted by atomic mass is 32.2. The molecule has 6 nitrogen and oxygen atoms in total. The third-order valence-electron chi connectivity index (χ3n) is 4.26. The number of ketones is 1. The summed E-state index contributed by atoms with van der Waals surface area (Å²) in [4.78, 5) is 11.3. The Labute approximate surface area is 168 Å². The smallest absolute Gasteiger partial charge is 0.195 e. The number of rotatable bonds is 8. The molecule has 146 valence electrons. The minimum atomic E-state index is -0.667. The molecule has 3 rings (SSSR count). The second kappa shape index (κ2) is 9.03. The quantitative estimate of drug-likeness (QED) is 0.462. The van der Waals surface area contributed by atoms with E-state index in [0.717, 1.165) is 22.2 Å².